The van der Waals surface area contributed by atoms with Crippen LogP contribution in [0.25, 0.3) is 33.4 Å². The predicted molar refractivity (Wildman–Crippen MR) is 366 cm³/mol. The molecule has 0 heterocycles. The number of fused-ring (bicyclic) bond motifs is 9. The Morgan fingerprint density at radius 3 is 1.67 bits per heavy atom. The number of aryl methyl sites for hydroxylation is 2. The molecule has 8 unspecified atom stereocenters. The maximum atomic E-state index is 11.2. The summed E-state index contributed by atoms with van der Waals surface area (Å²) in [4.78, 5) is 4.82. The molecule has 0 spiro atoms. The van der Waals surface area contributed by atoms with Crippen molar-refractivity contribution in [2.75, 3.05) is 16.1 Å². The second-order valence-electron chi connectivity index (χ2n) is 26.4. The number of thioether (sulfide) groups is 2. The van der Waals surface area contributed by atoms with Gasteiger partial charge in [0.25, 0.3) is 0 Å². The van der Waals surface area contributed by atoms with Crippen molar-refractivity contribution in [3.63, 3.8) is 0 Å². The van der Waals surface area contributed by atoms with Crippen molar-refractivity contribution in [1.29, 1.82) is 5.26 Å². The highest BCUT2D eigenvalue weighted by molar-refractivity contribution is 8.47. The van der Waals surface area contributed by atoms with Gasteiger partial charge in [-0.15, -0.1) is 23.5 Å². The largest absolute Gasteiger partial charge is 0.310 e. The molecule has 5 aliphatic carbocycles. The molecule has 0 saturated heterocycles. The molecule has 14 rings (SSSR count). The topological polar surface area (TPSA) is 30.3 Å². The van der Waals surface area contributed by atoms with Gasteiger partial charge in [0.05, 0.1) is 11.5 Å². The van der Waals surface area contributed by atoms with E-state index in [-0.39, 0.29) is 21.7 Å². The Morgan fingerprint density at radius 1 is 0.576 bits per heavy atom. The van der Waals surface area contributed by atoms with E-state index in [1.165, 1.54) is 90.7 Å². The van der Waals surface area contributed by atoms with Gasteiger partial charge in [-0.25, -0.2) is 0 Å². The summed E-state index contributed by atoms with van der Waals surface area (Å²) in [6.07, 6.45) is 8.66. The molecule has 5 aliphatic rings. The number of hydrogen-bond acceptors (Lipinski definition) is 6. The SMILES string of the molecule is CSC(=S)SC(C)C(CCC1CC2(C)C(CC(C)C3(C)c4cc1ccc4-c1ccc(N(c4ccccc4)c4ccc(-c5ccc(N(c6ccccc6)c6ccc7c(c6)C(C)(C)c6ccccc6-7)cc5)cc4)cc13)C2(C)C#N)c1ccc2c(c1)CC2. The van der Waals surface area contributed by atoms with Gasteiger partial charge in [0.15, 0.2) is 0 Å². The lowest BCUT2D eigenvalue weighted by Crippen LogP contribution is -2.31. The first-order chi connectivity index (χ1) is 41.1. The molecule has 0 aliphatic heterocycles. The number of rotatable bonds is 13. The van der Waals surface area contributed by atoms with Gasteiger partial charge in [0.2, 0.25) is 0 Å². The van der Waals surface area contributed by atoms with Crippen LogP contribution < -0.4 is 9.80 Å². The maximum absolute atomic E-state index is 11.2. The normalized spacial score (nSPS) is 23.1. The smallest absolute Gasteiger partial charge is 0.104 e. The van der Waals surface area contributed by atoms with Crippen molar-refractivity contribution in [3.05, 3.63) is 251 Å². The first-order valence-corrected chi connectivity index (χ1v) is 33.4. The van der Waals surface area contributed by atoms with Crippen LogP contribution in [0.2, 0.25) is 0 Å². The fourth-order valence-corrected chi connectivity index (χ4v) is 18.3. The average molecular weight is 1160 g/mol. The first-order valence-electron chi connectivity index (χ1n) is 30.8. The fraction of sp³-hybridized carbons (Fsp3) is 0.291. The lowest BCUT2D eigenvalue weighted by atomic mass is 9.67. The van der Waals surface area contributed by atoms with Gasteiger partial charge in [0, 0.05) is 50.2 Å². The second-order valence-corrected chi connectivity index (χ2v) is 29.8. The number of benzene rings is 9. The molecule has 0 N–H and O–H groups in total. The van der Waals surface area contributed by atoms with Crippen LogP contribution in [0.3, 0.4) is 0 Å². The van der Waals surface area contributed by atoms with Crippen molar-refractivity contribution in [1.82, 2.24) is 0 Å². The molecule has 1 saturated carbocycles. The first kappa shape index (κ1) is 55.7. The van der Waals surface area contributed by atoms with Crippen LogP contribution in [-0.2, 0) is 23.7 Å². The summed E-state index contributed by atoms with van der Waals surface area (Å²) in [6, 6.07) is 80.8. The Labute approximate surface area is 518 Å². The van der Waals surface area contributed by atoms with E-state index < -0.39 is 0 Å². The number of thiocarbonyl (C=S) groups is 1. The van der Waals surface area contributed by atoms with E-state index in [1.54, 1.807) is 11.8 Å². The van der Waals surface area contributed by atoms with Gasteiger partial charge in [-0.05, 0) is 231 Å². The summed E-state index contributed by atoms with van der Waals surface area (Å²) in [5.74, 6) is 1.31. The summed E-state index contributed by atoms with van der Waals surface area (Å²) < 4.78 is 1.02. The average Bonchev–Trinajstić information content (AvgIpc) is 1.56. The van der Waals surface area contributed by atoms with Crippen LogP contribution >= 0.6 is 35.7 Å². The van der Waals surface area contributed by atoms with E-state index in [1.807, 2.05) is 11.8 Å². The van der Waals surface area contributed by atoms with E-state index in [4.69, 9.17) is 12.2 Å². The third kappa shape index (κ3) is 9.16. The fourth-order valence-electron chi connectivity index (χ4n) is 16.3. The standard InChI is InChI=1S/C79H75N3S3/c1-50-43-74-77(5,78(74,6)49-80)48-58(32-39-65(51(2)85-75(83)84-8)57-26-24-54-23-25-55(54)44-57)56-31-40-68-69-42-38-64(47-73(69)79(50,7)72(68)45-56)82(60-19-13-10-14-20-60)62-35-29-53(30-36-62)52-27-33-61(34-28-52)81(59-17-11-9-12-18-59)63-37-41-67-66-21-15-16-22-70(66)76(3,4)71(67)46-63/h9-22,24,26-31,33-38,40-42,44-47,50-51,58,65,74H,23,25,32,39,43,48H2,1-8H3. The molecule has 6 heteroatoms. The number of nitrogens with zero attached hydrogens (tertiary/aromatic N) is 3. The molecule has 8 atom stereocenters. The number of nitriles is 1. The van der Waals surface area contributed by atoms with Crippen molar-refractivity contribution in [3.8, 4) is 39.4 Å². The Balaban J connectivity index is 0.786. The van der Waals surface area contributed by atoms with Crippen LogP contribution in [0, 0.1) is 34.0 Å². The van der Waals surface area contributed by atoms with Crippen LogP contribution in [0.5, 0.6) is 0 Å². The predicted octanol–water partition coefficient (Wildman–Crippen LogP) is 22.0. The van der Waals surface area contributed by atoms with Crippen molar-refractivity contribution in [2.24, 2.45) is 22.7 Å². The summed E-state index contributed by atoms with van der Waals surface area (Å²) >= 11 is 9.42. The third-order valence-electron chi connectivity index (χ3n) is 21.8. The molecule has 9 aromatic rings. The lowest BCUT2D eigenvalue weighted by molar-refractivity contribution is 0.298. The molecule has 0 amide bonds. The number of hydrogen-bond donors (Lipinski definition) is 0. The molecule has 1 fully saturated rings. The summed E-state index contributed by atoms with van der Waals surface area (Å²) in [7, 11) is 0. The highest BCUT2D eigenvalue weighted by atomic mass is 32.2. The van der Waals surface area contributed by atoms with Crippen LogP contribution in [0.1, 0.15) is 130 Å². The third-order valence-corrected chi connectivity index (χ3v) is 24.6. The van der Waals surface area contributed by atoms with E-state index in [0.717, 1.165) is 63.3 Å². The molecule has 3 nitrogen and oxygen atoms in total. The maximum Gasteiger partial charge on any atom is 0.104 e. The quantitative estimate of drug-likeness (QED) is 0.107. The molecule has 0 aromatic heterocycles. The van der Waals surface area contributed by atoms with E-state index in [0.29, 0.717) is 28.9 Å². The van der Waals surface area contributed by atoms with Gasteiger partial charge in [-0.3, -0.25) is 0 Å². The highest BCUT2D eigenvalue weighted by Gasteiger charge is 2.72. The van der Waals surface area contributed by atoms with Gasteiger partial charge >= 0.3 is 0 Å². The molecule has 9 aromatic carbocycles. The van der Waals surface area contributed by atoms with Crippen LogP contribution in [0.4, 0.5) is 34.1 Å². The molecular weight excluding hydrogens is 1090 g/mol. The minimum atomic E-state index is -0.386. The Hall–Kier alpha value is -7.14. The zero-order valence-corrected chi connectivity index (χ0v) is 52.8. The summed E-state index contributed by atoms with van der Waals surface area (Å²) in [6.45, 7) is 16.9. The van der Waals surface area contributed by atoms with Gasteiger partial charge in [0.1, 0.15) is 3.53 Å². The van der Waals surface area contributed by atoms with E-state index >= 15 is 0 Å². The Bertz CT molecular complexity index is 4110. The molecule has 0 radical (unpaired) electrons. The van der Waals surface area contributed by atoms with Gasteiger partial charge in [-0.2, -0.15) is 5.26 Å². The molecular formula is C79H75N3S3. The van der Waals surface area contributed by atoms with Gasteiger partial charge < -0.3 is 9.80 Å². The minimum absolute atomic E-state index is 0.0859. The van der Waals surface area contributed by atoms with Crippen molar-refractivity contribution >= 4 is 73.4 Å². The van der Waals surface area contributed by atoms with Crippen molar-refractivity contribution < 1.29 is 0 Å². The number of para-hydroxylation sites is 2. The van der Waals surface area contributed by atoms with E-state index in [9.17, 15) is 5.26 Å². The molecule has 424 valence electrons. The number of anilines is 6. The molecule has 85 heavy (non-hydrogen) atoms. The zero-order valence-electron chi connectivity index (χ0n) is 50.3. The zero-order chi connectivity index (χ0) is 58.6. The minimum Gasteiger partial charge on any atom is -0.310 e. The second kappa shape index (κ2) is 21.4. The summed E-state index contributed by atoms with van der Waals surface area (Å²) in [5, 5.41) is 11.5. The van der Waals surface area contributed by atoms with Gasteiger partial charge in [-0.1, -0.05) is 187 Å². The highest BCUT2D eigenvalue weighted by Crippen LogP contribution is 2.75. The van der Waals surface area contributed by atoms with Crippen molar-refractivity contribution in [2.45, 2.75) is 115 Å². The molecule has 2 bridgehead atoms. The van der Waals surface area contributed by atoms with Crippen LogP contribution in [-0.4, -0.2) is 15.0 Å². The summed E-state index contributed by atoms with van der Waals surface area (Å²) in [5.41, 5.74) is 25.1. The van der Waals surface area contributed by atoms with E-state index in [2.05, 4.69) is 277 Å². The monoisotopic (exact) mass is 1160 g/mol. The van der Waals surface area contributed by atoms with Crippen LogP contribution in [0.15, 0.2) is 206 Å². The Kier molecular flexibility index (Phi) is 14.0. The lowest BCUT2D eigenvalue weighted by Gasteiger charge is -2.37. The Morgan fingerprint density at radius 2 is 1.09 bits per heavy atom.